The van der Waals surface area contributed by atoms with E-state index in [2.05, 4.69) is 10.3 Å². The number of anilines is 1. The number of urea groups is 1. The van der Waals surface area contributed by atoms with Crippen LogP contribution in [0.4, 0.5) is 14.9 Å². The topological polar surface area (TPSA) is 83.7 Å². The van der Waals surface area contributed by atoms with Crippen LogP contribution in [0.3, 0.4) is 0 Å². The number of carbonyl (C=O) groups is 1. The molecule has 1 aromatic heterocycles. The predicted octanol–water partition coefficient (Wildman–Crippen LogP) is 4.92. The van der Waals surface area contributed by atoms with Crippen molar-refractivity contribution in [3.05, 3.63) is 100 Å². The van der Waals surface area contributed by atoms with E-state index in [-0.39, 0.29) is 24.5 Å². The van der Waals surface area contributed by atoms with Crippen LogP contribution in [0.15, 0.2) is 77.6 Å². The van der Waals surface area contributed by atoms with Gasteiger partial charge in [-0.25, -0.2) is 9.18 Å². The lowest BCUT2D eigenvalue weighted by molar-refractivity contribution is 0.206. The van der Waals surface area contributed by atoms with Crippen molar-refractivity contribution >= 4 is 22.6 Å². The number of nitrogens with one attached hydrogen (secondary N) is 2. The van der Waals surface area contributed by atoms with Crippen molar-refractivity contribution in [2.24, 2.45) is 0 Å². The first kappa shape index (κ1) is 22.8. The second kappa shape index (κ2) is 10.1. The molecular weight excluding hydrogens is 437 g/mol. The molecule has 174 valence electrons. The lowest BCUT2D eigenvalue weighted by Gasteiger charge is -2.24. The summed E-state index contributed by atoms with van der Waals surface area (Å²) in [7, 11) is 3.09. The summed E-state index contributed by atoms with van der Waals surface area (Å²) in [5.41, 5.74) is 1.98. The standard InChI is InChI=1S/C26H24FN3O4/c1-33-21-11-12-22-18(14-21)13-19(25(31)28-22)16-30(15-17-7-9-20(27)10-8-17)26(32)29-23-5-3-4-6-24(23)34-2/h3-14H,15-16H2,1-2H3,(H,28,31)(H,29,32). The molecule has 3 aromatic carbocycles. The zero-order valence-electron chi connectivity index (χ0n) is 18.8. The predicted molar refractivity (Wildman–Crippen MR) is 129 cm³/mol. The highest BCUT2D eigenvalue weighted by atomic mass is 19.1. The normalized spacial score (nSPS) is 10.7. The summed E-state index contributed by atoms with van der Waals surface area (Å²) in [6.07, 6.45) is 0. The van der Waals surface area contributed by atoms with Gasteiger partial charge in [0.25, 0.3) is 5.56 Å². The molecule has 1 heterocycles. The summed E-state index contributed by atoms with van der Waals surface area (Å²) in [6.45, 7) is 0.192. The molecule has 0 saturated heterocycles. The van der Waals surface area contributed by atoms with Crippen LogP contribution in [-0.4, -0.2) is 30.1 Å². The number of ether oxygens (including phenoxy) is 2. The van der Waals surface area contributed by atoms with Crippen LogP contribution in [0.25, 0.3) is 10.9 Å². The summed E-state index contributed by atoms with van der Waals surface area (Å²) >= 11 is 0. The molecule has 34 heavy (non-hydrogen) atoms. The molecule has 0 aliphatic rings. The van der Waals surface area contributed by atoms with Crippen molar-refractivity contribution in [2.75, 3.05) is 19.5 Å². The van der Waals surface area contributed by atoms with Gasteiger partial charge in [-0.15, -0.1) is 0 Å². The molecule has 0 saturated carbocycles. The minimum absolute atomic E-state index is 0.0286. The summed E-state index contributed by atoms with van der Waals surface area (Å²) in [5, 5.41) is 3.62. The van der Waals surface area contributed by atoms with Crippen molar-refractivity contribution < 1.29 is 18.7 Å². The van der Waals surface area contributed by atoms with E-state index < -0.39 is 6.03 Å². The Labute approximate surface area is 195 Å². The van der Waals surface area contributed by atoms with Crippen molar-refractivity contribution in [1.29, 1.82) is 0 Å². The molecule has 0 aliphatic heterocycles. The molecule has 2 N–H and O–H groups in total. The number of pyridine rings is 1. The summed E-state index contributed by atoms with van der Waals surface area (Å²) in [5.74, 6) is 0.796. The molecule has 4 rings (SSSR count). The number of carbonyl (C=O) groups excluding carboxylic acids is 1. The fourth-order valence-corrected chi connectivity index (χ4v) is 3.63. The molecule has 2 amide bonds. The van der Waals surface area contributed by atoms with E-state index in [9.17, 15) is 14.0 Å². The van der Waals surface area contributed by atoms with Gasteiger partial charge in [0, 0.05) is 23.0 Å². The number of nitrogens with zero attached hydrogens (tertiary/aromatic N) is 1. The van der Waals surface area contributed by atoms with Crippen LogP contribution in [-0.2, 0) is 13.1 Å². The first-order chi connectivity index (χ1) is 16.5. The van der Waals surface area contributed by atoms with Gasteiger partial charge in [0.15, 0.2) is 0 Å². The van der Waals surface area contributed by atoms with Crippen LogP contribution in [0.5, 0.6) is 11.5 Å². The van der Waals surface area contributed by atoms with Gasteiger partial charge in [0.05, 0.1) is 26.5 Å². The molecule has 0 atom stereocenters. The number of halogens is 1. The molecule has 0 bridgehead atoms. The number of rotatable bonds is 7. The number of aromatic amines is 1. The van der Waals surface area contributed by atoms with Crippen LogP contribution in [0, 0.1) is 5.82 Å². The van der Waals surface area contributed by atoms with Gasteiger partial charge >= 0.3 is 6.03 Å². The second-order valence-electron chi connectivity index (χ2n) is 7.69. The highest BCUT2D eigenvalue weighted by Crippen LogP contribution is 2.24. The zero-order valence-corrected chi connectivity index (χ0v) is 18.8. The number of para-hydroxylation sites is 2. The lowest BCUT2D eigenvalue weighted by atomic mass is 10.1. The van der Waals surface area contributed by atoms with Gasteiger partial charge in [-0.3, -0.25) is 4.79 Å². The number of benzene rings is 3. The van der Waals surface area contributed by atoms with E-state index in [0.29, 0.717) is 28.3 Å². The second-order valence-corrected chi connectivity index (χ2v) is 7.69. The first-order valence-electron chi connectivity index (χ1n) is 10.6. The highest BCUT2D eigenvalue weighted by molar-refractivity contribution is 5.91. The van der Waals surface area contributed by atoms with Crippen molar-refractivity contribution in [3.63, 3.8) is 0 Å². The number of hydrogen-bond acceptors (Lipinski definition) is 4. The lowest BCUT2D eigenvalue weighted by Crippen LogP contribution is -2.35. The molecule has 0 radical (unpaired) electrons. The Kier molecular flexibility index (Phi) is 6.77. The van der Waals surface area contributed by atoms with E-state index in [1.54, 1.807) is 61.7 Å². The Morgan fingerprint density at radius 2 is 1.74 bits per heavy atom. The molecule has 8 heteroatoms. The van der Waals surface area contributed by atoms with Gasteiger partial charge in [0.2, 0.25) is 0 Å². The van der Waals surface area contributed by atoms with Crippen LogP contribution in [0.1, 0.15) is 11.1 Å². The van der Waals surface area contributed by atoms with Crippen molar-refractivity contribution in [3.8, 4) is 11.5 Å². The third-order valence-corrected chi connectivity index (χ3v) is 5.41. The van der Waals surface area contributed by atoms with Gasteiger partial charge in [-0.05, 0) is 54.1 Å². The number of hydrogen-bond donors (Lipinski definition) is 2. The Hall–Kier alpha value is -4.33. The Bertz CT molecular complexity index is 1370. The zero-order chi connectivity index (χ0) is 24.1. The maximum Gasteiger partial charge on any atom is 0.322 e. The van der Waals surface area contributed by atoms with Gasteiger partial charge < -0.3 is 24.7 Å². The van der Waals surface area contributed by atoms with E-state index in [1.165, 1.54) is 24.1 Å². The number of aromatic nitrogens is 1. The van der Waals surface area contributed by atoms with Gasteiger partial charge in [-0.1, -0.05) is 24.3 Å². The summed E-state index contributed by atoms with van der Waals surface area (Å²) in [4.78, 5) is 30.4. The molecule has 0 spiro atoms. The Morgan fingerprint density at radius 1 is 0.971 bits per heavy atom. The van der Waals surface area contributed by atoms with Gasteiger partial charge in [0.1, 0.15) is 17.3 Å². The number of amides is 2. The van der Waals surface area contributed by atoms with Gasteiger partial charge in [-0.2, -0.15) is 0 Å². The minimum atomic E-state index is -0.432. The molecule has 0 unspecified atom stereocenters. The maximum atomic E-state index is 13.4. The van der Waals surface area contributed by atoms with Crippen molar-refractivity contribution in [1.82, 2.24) is 9.88 Å². The number of methoxy groups -OCH3 is 2. The largest absolute Gasteiger partial charge is 0.497 e. The average Bonchev–Trinajstić information content (AvgIpc) is 2.85. The highest BCUT2D eigenvalue weighted by Gasteiger charge is 2.18. The van der Waals surface area contributed by atoms with E-state index in [4.69, 9.17) is 9.47 Å². The monoisotopic (exact) mass is 461 g/mol. The average molecular weight is 461 g/mol. The summed E-state index contributed by atoms with van der Waals surface area (Å²) < 4.78 is 24.0. The molecule has 4 aromatic rings. The number of fused-ring (bicyclic) bond motifs is 1. The molecule has 0 fully saturated rings. The number of H-pyrrole nitrogens is 1. The van der Waals surface area contributed by atoms with Crippen molar-refractivity contribution in [2.45, 2.75) is 13.1 Å². The molecule has 0 aliphatic carbocycles. The fraction of sp³-hybridized carbons (Fsp3) is 0.154. The fourth-order valence-electron chi connectivity index (χ4n) is 3.63. The van der Waals surface area contributed by atoms with Crippen LogP contribution >= 0.6 is 0 Å². The quantitative estimate of drug-likeness (QED) is 0.409. The maximum absolute atomic E-state index is 13.4. The molecular formula is C26H24FN3O4. The first-order valence-corrected chi connectivity index (χ1v) is 10.6. The van der Waals surface area contributed by atoms with Crippen LogP contribution in [0.2, 0.25) is 0 Å². The minimum Gasteiger partial charge on any atom is -0.497 e. The van der Waals surface area contributed by atoms with E-state index >= 15 is 0 Å². The smallest absolute Gasteiger partial charge is 0.322 e. The third-order valence-electron chi connectivity index (χ3n) is 5.41. The summed E-state index contributed by atoms with van der Waals surface area (Å²) in [6, 6.07) is 19.6. The Morgan fingerprint density at radius 3 is 2.47 bits per heavy atom. The molecule has 7 nitrogen and oxygen atoms in total. The van der Waals surface area contributed by atoms with E-state index in [0.717, 1.165) is 10.9 Å². The third kappa shape index (κ3) is 5.17. The Balaban J connectivity index is 1.67. The SMILES string of the molecule is COc1ccc2[nH]c(=O)c(CN(Cc3ccc(F)cc3)C(=O)Nc3ccccc3OC)cc2c1. The van der Waals surface area contributed by atoms with Crippen LogP contribution < -0.4 is 20.3 Å². The van der Waals surface area contributed by atoms with E-state index in [1.807, 2.05) is 6.07 Å².